The molecule has 0 aliphatic rings. The van der Waals surface area contributed by atoms with Crippen LogP contribution >= 0.6 is 11.8 Å². The topological polar surface area (TPSA) is 60.4 Å². The quantitative estimate of drug-likeness (QED) is 0.398. The third kappa shape index (κ3) is 5.10. The van der Waals surface area contributed by atoms with E-state index in [1.165, 1.54) is 19.1 Å². The molecule has 0 bridgehead atoms. The van der Waals surface area contributed by atoms with Gasteiger partial charge in [-0.05, 0) is 50.2 Å². The molecule has 0 aromatic heterocycles. The van der Waals surface area contributed by atoms with Crippen LogP contribution in [0.15, 0.2) is 93.5 Å². The second-order valence-corrected chi connectivity index (χ2v) is 9.03. The zero-order chi connectivity index (χ0) is 20.1. The Morgan fingerprint density at radius 2 is 1.43 bits per heavy atom. The number of benzene rings is 3. The van der Waals surface area contributed by atoms with Gasteiger partial charge in [-0.25, -0.2) is 0 Å². The van der Waals surface area contributed by atoms with Crippen molar-refractivity contribution in [1.29, 1.82) is 0 Å². The van der Waals surface area contributed by atoms with Gasteiger partial charge in [-0.3, -0.25) is 8.98 Å². The van der Waals surface area contributed by atoms with E-state index in [0.717, 1.165) is 15.4 Å². The molecular formula is C22H20O4S2. The molecule has 0 spiro atoms. The SMILES string of the molecule is Cc1ccc(S(=O)(=O)OC(C)C(=O)c2ccc(Sc3ccccc3)cc2)cc1. The van der Waals surface area contributed by atoms with E-state index in [1.807, 2.05) is 49.4 Å². The van der Waals surface area contributed by atoms with Crippen molar-refractivity contribution in [3.05, 3.63) is 90.0 Å². The highest BCUT2D eigenvalue weighted by atomic mass is 32.2. The summed E-state index contributed by atoms with van der Waals surface area (Å²) in [7, 11) is -4.00. The van der Waals surface area contributed by atoms with Crippen molar-refractivity contribution in [3.8, 4) is 0 Å². The van der Waals surface area contributed by atoms with Crippen LogP contribution in [-0.2, 0) is 14.3 Å². The third-order valence-electron chi connectivity index (χ3n) is 4.07. The van der Waals surface area contributed by atoms with Crippen molar-refractivity contribution in [3.63, 3.8) is 0 Å². The number of aryl methyl sites for hydroxylation is 1. The average molecular weight is 413 g/mol. The van der Waals surface area contributed by atoms with Crippen molar-refractivity contribution in [2.24, 2.45) is 0 Å². The monoisotopic (exact) mass is 412 g/mol. The lowest BCUT2D eigenvalue weighted by molar-refractivity contribution is 0.0825. The summed E-state index contributed by atoms with van der Waals surface area (Å²) in [4.78, 5) is 14.7. The van der Waals surface area contributed by atoms with Gasteiger partial charge in [-0.1, -0.05) is 59.8 Å². The maximum Gasteiger partial charge on any atom is 0.297 e. The third-order valence-corrected chi connectivity index (χ3v) is 6.47. The Labute approximate surface area is 169 Å². The normalized spacial score (nSPS) is 12.5. The Bertz CT molecular complexity index is 1040. The first kappa shape index (κ1) is 20.3. The van der Waals surface area contributed by atoms with Gasteiger partial charge in [0.2, 0.25) is 0 Å². The van der Waals surface area contributed by atoms with Crippen LogP contribution in [0.5, 0.6) is 0 Å². The minimum Gasteiger partial charge on any atom is -0.291 e. The first-order chi connectivity index (χ1) is 13.3. The molecule has 3 aromatic rings. The van der Waals surface area contributed by atoms with Gasteiger partial charge in [0.25, 0.3) is 10.1 Å². The molecular weight excluding hydrogens is 392 g/mol. The van der Waals surface area contributed by atoms with Gasteiger partial charge >= 0.3 is 0 Å². The second-order valence-electron chi connectivity index (χ2n) is 6.31. The van der Waals surface area contributed by atoms with E-state index in [-0.39, 0.29) is 10.7 Å². The molecule has 1 unspecified atom stereocenters. The summed E-state index contributed by atoms with van der Waals surface area (Å²) >= 11 is 1.59. The van der Waals surface area contributed by atoms with Crippen LogP contribution in [-0.4, -0.2) is 20.3 Å². The fourth-order valence-corrected chi connectivity index (χ4v) is 4.43. The highest BCUT2D eigenvalue weighted by molar-refractivity contribution is 7.99. The summed E-state index contributed by atoms with van der Waals surface area (Å²) < 4.78 is 29.9. The van der Waals surface area contributed by atoms with E-state index in [2.05, 4.69) is 0 Å². The van der Waals surface area contributed by atoms with Gasteiger partial charge in [0, 0.05) is 15.4 Å². The van der Waals surface area contributed by atoms with Crippen LogP contribution in [0, 0.1) is 6.92 Å². The van der Waals surface area contributed by atoms with E-state index in [0.29, 0.717) is 5.56 Å². The van der Waals surface area contributed by atoms with Gasteiger partial charge in [-0.15, -0.1) is 0 Å². The molecule has 0 saturated heterocycles. The lowest BCUT2D eigenvalue weighted by Crippen LogP contribution is -2.24. The van der Waals surface area contributed by atoms with Crippen LogP contribution in [0.2, 0.25) is 0 Å². The molecule has 0 aliphatic heterocycles. The van der Waals surface area contributed by atoms with Crippen molar-refractivity contribution in [1.82, 2.24) is 0 Å². The highest BCUT2D eigenvalue weighted by Crippen LogP contribution is 2.27. The molecule has 0 saturated carbocycles. The standard InChI is InChI=1S/C22H20O4S2/c1-16-8-14-21(15-9-16)28(24,25)26-17(2)22(23)18-10-12-20(13-11-18)27-19-6-4-3-5-7-19/h3-15,17H,1-2H3. The Kier molecular flexibility index (Phi) is 6.34. The van der Waals surface area contributed by atoms with Crippen molar-refractivity contribution < 1.29 is 17.4 Å². The van der Waals surface area contributed by atoms with Gasteiger partial charge in [0.05, 0.1) is 4.90 Å². The van der Waals surface area contributed by atoms with Crippen LogP contribution < -0.4 is 0 Å². The fraction of sp³-hybridized carbons (Fsp3) is 0.136. The second kappa shape index (κ2) is 8.73. The molecule has 0 aliphatic carbocycles. The zero-order valence-corrected chi connectivity index (χ0v) is 17.2. The maximum absolute atomic E-state index is 12.6. The molecule has 144 valence electrons. The highest BCUT2D eigenvalue weighted by Gasteiger charge is 2.24. The molecule has 6 heteroatoms. The lowest BCUT2D eigenvalue weighted by atomic mass is 10.1. The predicted octanol–water partition coefficient (Wildman–Crippen LogP) is 5.12. The van der Waals surface area contributed by atoms with Crippen LogP contribution in [0.1, 0.15) is 22.8 Å². The van der Waals surface area contributed by atoms with Crippen molar-refractivity contribution in [2.75, 3.05) is 0 Å². The van der Waals surface area contributed by atoms with E-state index < -0.39 is 16.2 Å². The van der Waals surface area contributed by atoms with Crippen molar-refractivity contribution in [2.45, 2.75) is 34.6 Å². The van der Waals surface area contributed by atoms with Gasteiger partial charge in [0.15, 0.2) is 5.78 Å². The summed E-state index contributed by atoms with van der Waals surface area (Å²) in [5.41, 5.74) is 1.35. The number of ketones is 1. The molecule has 0 heterocycles. The van der Waals surface area contributed by atoms with E-state index in [4.69, 9.17) is 4.18 Å². The Morgan fingerprint density at radius 3 is 2.04 bits per heavy atom. The summed E-state index contributed by atoms with van der Waals surface area (Å²) in [6, 6.07) is 23.3. The van der Waals surface area contributed by atoms with Gasteiger partial charge in [0.1, 0.15) is 6.10 Å². The van der Waals surface area contributed by atoms with E-state index >= 15 is 0 Å². The average Bonchev–Trinajstić information content (AvgIpc) is 2.69. The smallest absolute Gasteiger partial charge is 0.291 e. The summed E-state index contributed by atoms with van der Waals surface area (Å²) in [5.74, 6) is -0.382. The fourth-order valence-electron chi connectivity index (χ4n) is 2.54. The first-order valence-electron chi connectivity index (χ1n) is 8.72. The molecule has 0 fully saturated rings. The molecule has 3 aromatic carbocycles. The number of carbonyl (C=O) groups excluding carboxylic acids is 1. The minimum absolute atomic E-state index is 0.0346. The van der Waals surface area contributed by atoms with Gasteiger partial charge in [-0.2, -0.15) is 8.42 Å². The number of hydrogen-bond acceptors (Lipinski definition) is 5. The number of hydrogen-bond donors (Lipinski definition) is 0. The summed E-state index contributed by atoms with van der Waals surface area (Å²) in [5, 5.41) is 0. The molecule has 4 nitrogen and oxygen atoms in total. The number of rotatable bonds is 7. The Hall–Kier alpha value is -2.41. The van der Waals surface area contributed by atoms with Crippen LogP contribution in [0.3, 0.4) is 0 Å². The van der Waals surface area contributed by atoms with Gasteiger partial charge < -0.3 is 0 Å². The molecule has 0 radical (unpaired) electrons. The first-order valence-corrected chi connectivity index (χ1v) is 10.9. The Morgan fingerprint density at radius 1 is 0.857 bits per heavy atom. The number of carbonyl (C=O) groups is 1. The predicted molar refractivity (Wildman–Crippen MR) is 110 cm³/mol. The van der Waals surface area contributed by atoms with Crippen molar-refractivity contribution >= 4 is 27.7 Å². The maximum atomic E-state index is 12.6. The molecule has 3 rings (SSSR count). The van der Waals surface area contributed by atoms with E-state index in [9.17, 15) is 13.2 Å². The summed E-state index contributed by atoms with van der Waals surface area (Å²) in [6.45, 7) is 3.31. The zero-order valence-electron chi connectivity index (χ0n) is 15.5. The Balaban J connectivity index is 1.68. The number of Topliss-reactive ketones (excluding diaryl/α,β-unsaturated/α-hetero) is 1. The van der Waals surface area contributed by atoms with E-state index in [1.54, 1.807) is 36.0 Å². The largest absolute Gasteiger partial charge is 0.297 e. The minimum atomic E-state index is -4.00. The molecule has 1 atom stereocenters. The lowest BCUT2D eigenvalue weighted by Gasteiger charge is -2.13. The molecule has 28 heavy (non-hydrogen) atoms. The molecule has 0 amide bonds. The van der Waals surface area contributed by atoms with Crippen LogP contribution in [0.25, 0.3) is 0 Å². The summed E-state index contributed by atoms with van der Waals surface area (Å²) in [6.07, 6.45) is -1.11. The molecule has 0 N–H and O–H groups in total. The van der Waals surface area contributed by atoms with Crippen LogP contribution in [0.4, 0.5) is 0 Å².